The molecule has 4 heteroatoms. The van der Waals surface area contributed by atoms with Crippen molar-refractivity contribution in [1.82, 2.24) is 5.32 Å². The van der Waals surface area contributed by atoms with Gasteiger partial charge in [-0.25, -0.2) is 0 Å². The van der Waals surface area contributed by atoms with Gasteiger partial charge in [-0.3, -0.25) is 4.79 Å². The van der Waals surface area contributed by atoms with Gasteiger partial charge in [-0.2, -0.15) is 0 Å². The van der Waals surface area contributed by atoms with Crippen LogP contribution in [0.5, 0.6) is 0 Å². The molecule has 2 fully saturated rings. The lowest BCUT2D eigenvalue weighted by atomic mass is 9.83. The normalized spacial score (nSPS) is 29.1. The average Bonchev–Trinajstić information content (AvgIpc) is 2.45. The molecule has 4 nitrogen and oxygen atoms in total. The summed E-state index contributed by atoms with van der Waals surface area (Å²) in [6.45, 7) is 6.46. The predicted octanol–water partition coefficient (Wildman–Crippen LogP) is 3.17. The minimum absolute atomic E-state index is 0.0446. The second kappa shape index (κ2) is 7.31. The van der Waals surface area contributed by atoms with Gasteiger partial charge in [-0.15, -0.1) is 0 Å². The predicted molar refractivity (Wildman–Crippen MR) is 87.6 cm³/mol. The molecule has 0 bridgehead atoms. The van der Waals surface area contributed by atoms with E-state index in [0.717, 1.165) is 51.4 Å². The number of rotatable bonds is 4. The van der Waals surface area contributed by atoms with Crippen molar-refractivity contribution >= 4 is 5.97 Å². The monoisotopic (exact) mass is 311 g/mol. The molecule has 2 N–H and O–H groups in total. The number of carbonyl (C=O) groups is 1. The Labute approximate surface area is 135 Å². The summed E-state index contributed by atoms with van der Waals surface area (Å²) in [6, 6.07) is 0.435. The summed E-state index contributed by atoms with van der Waals surface area (Å²) in [5.74, 6) is 0.00639. The third kappa shape index (κ3) is 5.54. The lowest BCUT2D eigenvalue weighted by Crippen LogP contribution is -2.47. The van der Waals surface area contributed by atoms with Crippen molar-refractivity contribution in [3.8, 4) is 0 Å². The Morgan fingerprint density at radius 1 is 1.14 bits per heavy atom. The zero-order valence-corrected chi connectivity index (χ0v) is 14.5. The van der Waals surface area contributed by atoms with Crippen LogP contribution in [-0.2, 0) is 9.53 Å². The molecule has 0 aromatic rings. The summed E-state index contributed by atoms with van der Waals surface area (Å²) < 4.78 is 5.48. The zero-order valence-electron chi connectivity index (χ0n) is 14.5. The molecule has 2 aliphatic carbocycles. The fraction of sp³-hybridized carbons (Fsp3) is 0.944. The second-order valence-corrected chi connectivity index (χ2v) is 8.25. The van der Waals surface area contributed by atoms with E-state index in [2.05, 4.69) is 5.32 Å². The van der Waals surface area contributed by atoms with E-state index in [4.69, 9.17) is 4.74 Å². The Kier molecular flexibility index (Phi) is 5.89. The number of hydrogen-bond donors (Lipinski definition) is 2. The van der Waals surface area contributed by atoms with Gasteiger partial charge in [-0.05, 0) is 59.3 Å². The van der Waals surface area contributed by atoms with Gasteiger partial charge in [0.2, 0.25) is 0 Å². The van der Waals surface area contributed by atoms with Crippen molar-refractivity contribution in [1.29, 1.82) is 0 Å². The molecular formula is C18H33NO3. The van der Waals surface area contributed by atoms with Crippen LogP contribution in [0.1, 0.15) is 78.6 Å². The first kappa shape index (κ1) is 17.7. The molecule has 0 radical (unpaired) electrons. The Hall–Kier alpha value is -0.610. The van der Waals surface area contributed by atoms with Crippen molar-refractivity contribution < 1.29 is 14.6 Å². The maximum atomic E-state index is 12.1. The topological polar surface area (TPSA) is 58.6 Å². The van der Waals surface area contributed by atoms with Crippen LogP contribution >= 0.6 is 0 Å². The Morgan fingerprint density at radius 2 is 1.73 bits per heavy atom. The summed E-state index contributed by atoms with van der Waals surface area (Å²) in [7, 11) is 0. The van der Waals surface area contributed by atoms with Gasteiger partial charge < -0.3 is 15.2 Å². The van der Waals surface area contributed by atoms with Crippen molar-refractivity contribution in [2.24, 2.45) is 5.92 Å². The van der Waals surface area contributed by atoms with E-state index in [-0.39, 0.29) is 11.9 Å². The highest BCUT2D eigenvalue weighted by Gasteiger charge is 2.32. The second-order valence-electron chi connectivity index (χ2n) is 8.25. The first-order valence-electron chi connectivity index (χ1n) is 8.96. The smallest absolute Gasteiger partial charge is 0.309 e. The molecule has 0 unspecified atom stereocenters. The molecular weight excluding hydrogens is 278 g/mol. The number of esters is 1. The molecule has 2 rings (SSSR count). The summed E-state index contributed by atoms with van der Waals surface area (Å²) in [4.78, 5) is 12.1. The number of carbonyl (C=O) groups excluding carboxylic acids is 1. The lowest BCUT2D eigenvalue weighted by Gasteiger charge is -2.36. The van der Waals surface area contributed by atoms with Crippen LogP contribution in [0.15, 0.2) is 0 Å². The van der Waals surface area contributed by atoms with Crippen LogP contribution in [0.25, 0.3) is 0 Å². The first-order chi connectivity index (χ1) is 10.3. The van der Waals surface area contributed by atoms with Crippen LogP contribution in [0.2, 0.25) is 0 Å². The SMILES string of the molecule is CC(C)(C)OC(=O)C1CCC(NCC2(O)CCCCC2)CC1. The molecule has 0 amide bonds. The van der Waals surface area contributed by atoms with Gasteiger partial charge in [-0.1, -0.05) is 19.3 Å². The fourth-order valence-electron chi connectivity index (χ4n) is 3.64. The average molecular weight is 311 g/mol. The summed E-state index contributed by atoms with van der Waals surface area (Å²) in [5.41, 5.74) is -0.892. The van der Waals surface area contributed by atoms with Gasteiger partial charge in [0.25, 0.3) is 0 Å². The number of nitrogens with one attached hydrogen (secondary N) is 1. The van der Waals surface area contributed by atoms with Crippen LogP contribution in [0.3, 0.4) is 0 Å². The molecule has 22 heavy (non-hydrogen) atoms. The Balaban J connectivity index is 1.70. The third-order valence-electron chi connectivity index (χ3n) is 4.97. The quantitative estimate of drug-likeness (QED) is 0.783. The third-order valence-corrected chi connectivity index (χ3v) is 4.97. The van der Waals surface area contributed by atoms with Crippen LogP contribution in [0, 0.1) is 5.92 Å². The number of ether oxygens (including phenoxy) is 1. The standard InChI is InChI=1S/C18H33NO3/c1-17(2,3)22-16(20)14-7-9-15(10-8-14)19-13-18(21)11-5-4-6-12-18/h14-15,19,21H,4-13H2,1-3H3. The molecule has 0 heterocycles. The van der Waals surface area contributed by atoms with E-state index in [9.17, 15) is 9.90 Å². The summed E-state index contributed by atoms with van der Waals surface area (Å²) >= 11 is 0. The van der Waals surface area contributed by atoms with E-state index in [0.29, 0.717) is 12.6 Å². The number of aliphatic hydroxyl groups is 1. The Morgan fingerprint density at radius 3 is 2.27 bits per heavy atom. The van der Waals surface area contributed by atoms with E-state index < -0.39 is 11.2 Å². The van der Waals surface area contributed by atoms with Gasteiger partial charge in [0.15, 0.2) is 0 Å². The Bertz CT molecular complexity index is 361. The van der Waals surface area contributed by atoms with Gasteiger partial charge in [0.05, 0.1) is 11.5 Å². The number of hydrogen-bond acceptors (Lipinski definition) is 4. The highest BCUT2D eigenvalue weighted by Crippen LogP contribution is 2.30. The largest absolute Gasteiger partial charge is 0.460 e. The summed E-state index contributed by atoms with van der Waals surface area (Å²) in [6.07, 6.45) is 9.17. The molecule has 0 aliphatic heterocycles. The van der Waals surface area contributed by atoms with Gasteiger partial charge in [0.1, 0.15) is 5.60 Å². The maximum absolute atomic E-state index is 12.1. The van der Waals surface area contributed by atoms with E-state index in [1.165, 1.54) is 6.42 Å². The molecule has 128 valence electrons. The van der Waals surface area contributed by atoms with E-state index >= 15 is 0 Å². The molecule has 0 saturated heterocycles. The lowest BCUT2D eigenvalue weighted by molar-refractivity contribution is -0.161. The van der Waals surface area contributed by atoms with Crippen LogP contribution < -0.4 is 5.32 Å². The molecule has 2 aliphatic rings. The van der Waals surface area contributed by atoms with Crippen molar-refractivity contribution in [3.05, 3.63) is 0 Å². The zero-order chi connectivity index (χ0) is 16.2. The summed E-state index contributed by atoms with van der Waals surface area (Å²) in [5, 5.41) is 14.1. The molecule has 0 atom stereocenters. The van der Waals surface area contributed by atoms with Crippen molar-refractivity contribution in [3.63, 3.8) is 0 Å². The highest BCUT2D eigenvalue weighted by atomic mass is 16.6. The van der Waals surface area contributed by atoms with Gasteiger partial charge >= 0.3 is 5.97 Å². The highest BCUT2D eigenvalue weighted by molar-refractivity contribution is 5.73. The maximum Gasteiger partial charge on any atom is 0.309 e. The van der Waals surface area contributed by atoms with Gasteiger partial charge in [0, 0.05) is 12.6 Å². The van der Waals surface area contributed by atoms with Crippen molar-refractivity contribution in [2.45, 2.75) is 95.8 Å². The van der Waals surface area contributed by atoms with Crippen LogP contribution in [0.4, 0.5) is 0 Å². The van der Waals surface area contributed by atoms with Crippen molar-refractivity contribution in [2.75, 3.05) is 6.54 Å². The van der Waals surface area contributed by atoms with E-state index in [1.54, 1.807) is 0 Å². The minimum atomic E-state index is -0.500. The molecule has 2 saturated carbocycles. The fourth-order valence-corrected chi connectivity index (χ4v) is 3.64. The van der Waals surface area contributed by atoms with E-state index in [1.807, 2.05) is 20.8 Å². The van der Waals surface area contributed by atoms with Crippen LogP contribution in [-0.4, -0.2) is 34.9 Å². The molecule has 0 aromatic heterocycles. The minimum Gasteiger partial charge on any atom is -0.460 e. The first-order valence-corrected chi connectivity index (χ1v) is 8.96. The molecule has 0 aromatic carbocycles. The molecule has 0 spiro atoms.